The van der Waals surface area contributed by atoms with Gasteiger partial charge in [-0.2, -0.15) is 0 Å². The average molecular weight is 436 g/mol. The summed E-state index contributed by atoms with van der Waals surface area (Å²) in [6, 6.07) is 21.9. The van der Waals surface area contributed by atoms with Gasteiger partial charge in [-0.1, -0.05) is 60.1 Å². The molecule has 1 unspecified atom stereocenters. The summed E-state index contributed by atoms with van der Waals surface area (Å²) < 4.78 is 16.4. The summed E-state index contributed by atoms with van der Waals surface area (Å²) >= 11 is 6.27. The molecule has 1 aromatic heterocycles. The van der Waals surface area contributed by atoms with E-state index >= 15 is 0 Å². The van der Waals surface area contributed by atoms with Gasteiger partial charge in [0.2, 0.25) is 5.91 Å². The smallest absolute Gasteiger partial charge is 0.220 e. The fourth-order valence-electron chi connectivity index (χ4n) is 3.71. The van der Waals surface area contributed by atoms with Crippen LogP contribution in [0.1, 0.15) is 36.3 Å². The van der Waals surface area contributed by atoms with E-state index in [0.717, 1.165) is 16.6 Å². The van der Waals surface area contributed by atoms with Gasteiger partial charge in [0.25, 0.3) is 0 Å². The van der Waals surface area contributed by atoms with Gasteiger partial charge in [0.1, 0.15) is 11.6 Å². The average Bonchev–Trinajstić information content (AvgIpc) is 3.14. The molecule has 0 spiro atoms. The molecule has 4 aromatic rings. The highest BCUT2D eigenvalue weighted by Gasteiger charge is 2.20. The van der Waals surface area contributed by atoms with Gasteiger partial charge in [0.15, 0.2) is 0 Å². The SMILES string of the molecule is CC(NC(=O)CCc1ccccc1)c1nc2ccccc2n1Cc1c(F)cccc1Cl. The third kappa shape index (κ3) is 4.78. The summed E-state index contributed by atoms with van der Waals surface area (Å²) in [5, 5.41) is 3.40. The van der Waals surface area contributed by atoms with E-state index in [9.17, 15) is 9.18 Å². The number of benzene rings is 3. The third-order valence-electron chi connectivity index (χ3n) is 5.31. The Morgan fingerprint density at radius 1 is 1.06 bits per heavy atom. The fourth-order valence-corrected chi connectivity index (χ4v) is 3.94. The Hall–Kier alpha value is -3.18. The molecule has 0 radical (unpaired) electrons. The van der Waals surface area contributed by atoms with Gasteiger partial charge in [-0.05, 0) is 43.2 Å². The second-order valence-corrected chi connectivity index (χ2v) is 7.93. The van der Waals surface area contributed by atoms with E-state index in [4.69, 9.17) is 16.6 Å². The van der Waals surface area contributed by atoms with Crippen LogP contribution in [0, 0.1) is 5.82 Å². The number of nitrogens with one attached hydrogen (secondary N) is 1. The largest absolute Gasteiger partial charge is 0.346 e. The molecule has 0 saturated carbocycles. The van der Waals surface area contributed by atoms with Crippen molar-refractivity contribution in [1.29, 1.82) is 0 Å². The quantitative estimate of drug-likeness (QED) is 0.405. The second-order valence-electron chi connectivity index (χ2n) is 7.52. The highest BCUT2D eigenvalue weighted by Crippen LogP contribution is 2.26. The maximum absolute atomic E-state index is 14.5. The predicted octanol–water partition coefficient (Wildman–Crippen LogP) is 5.69. The van der Waals surface area contributed by atoms with Crippen molar-refractivity contribution in [1.82, 2.24) is 14.9 Å². The molecule has 6 heteroatoms. The predicted molar refractivity (Wildman–Crippen MR) is 122 cm³/mol. The molecule has 0 aliphatic carbocycles. The van der Waals surface area contributed by atoms with Gasteiger partial charge >= 0.3 is 0 Å². The second kappa shape index (κ2) is 9.31. The first-order valence-electron chi connectivity index (χ1n) is 10.2. The number of aryl methyl sites for hydroxylation is 1. The zero-order valence-electron chi connectivity index (χ0n) is 17.2. The van der Waals surface area contributed by atoms with Crippen LogP contribution in [0.25, 0.3) is 11.0 Å². The molecule has 158 valence electrons. The third-order valence-corrected chi connectivity index (χ3v) is 5.66. The van der Waals surface area contributed by atoms with Gasteiger partial charge < -0.3 is 9.88 Å². The van der Waals surface area contributed by atoms with E-state index in [0.29, 0.717) is 29.3 Å². The number of carbonyl (C=O) groups is 1. The van der Waals surface area contributed by atoms with Crippen LogP contribution >= 0.6 is 11.6 Å². The zero-order valence-corrected chi connectivity index (χ0v) is 17.9. The molecule has 0 fully saturated rings. The van der Waals surface area contributed by atoms with Crippen molar-refractivity contribution in [2.45, 2.75) is 32.4 Å². The molecule has 1 heterocycles. The van der Waals surface area contributed by atoms with Crippen molar-refractivity contribution in [2.75, 3.05) is 0 Å². The van der Waals surface area contributed by atoms with Crippen molar-refractivity contribution in [3.05, 3.63) is 101 Å². The van der Waals surface area contributed by atoms with Crippen molar-refractivity contribution in [3.63, 3.8) is 0 Å². The molecular formula is C25H23ClFN3O. The van der Waals surface area contributed by atoms with E-state index in [2.05, 4.69) is 5.32 Å². The van der Waals surface area contributed by atoms with Crippen LogP contribution in [0.15, 0.2) is 72.8 Å². The van der Waals surface area contributed by atoms with Crippen LogP contribution in [0.3, 0.4) is 0 Å². The first-order chi connectivity index (χ1) is 15.0. The lowest BCUT2D eigenvalue weighted by Gasteiger charge is -2.17. The fraction of sp³-hybridized carbons (Fsp3) is 0.200. The monoisotopic (exact) mass is 435 g/mol. The normalized spacial score (nSPS) is 12.1. The van der Waals surface area contributed by atoms with Crippen LogP contribution < -0.4 is 5.32 Å². The number of rotatable bonds is 7. The van der Waals surface area contributed by atoms with E-state index < -0.39 is 0 Å². The zero-order chi connectivity index (χ0) is 21.8. The molecule has 0 aliphatic rings. The Morgan fingerprint density at radius 2 is 1.81 bits per heavy atom. The van der Waals surface area contributed by atoms with Gasteiger partial charge in [-0.25, -0.2) is 9.37 Å². The summed E-state index contributed by atoms with van der Waals surface area (Å²) in [6.45, 7) is 2.12. The highest BCUT2D eigenvalue weighted by molar-refractivity contribution is 6.31. The molecule has 4 rings (SSSR count). The minimum absolute atomic E-state index is 0.0566. The van der Waals surface area contributed by atoms with Crippen LogP contribution in [-0.2, 0) is 17.8 Å². The summed E-state index contributed by atoms with van der Waals surface area (Å²) in [6.07, 6.45) is 1.05. The number of amides is 1. The number of nitrogens with zero attached hydrogens (tertiary/aromatic N) is 2. The Balaban J connectivity index is 1.58. The standard InChI is InChI=1S/C25H23ClFN3O/c1-17(28-24(31)15-14-18-8-3-2-4-9-18)25-29-22-12-5-6-13-23(22)30(25)16-19-20(26)10-7-11-21(19)27/h2-13,17H,14-16H2,1H3,(H,28,31). The van der Waals surface area contributed by atoms with E-state index in [-0.39, 0.29) is 24.3 Å². The van der Waals surface area contributed by atoms with Crippen molar-refractivity contribution < 1.29 is 9.18 Å². The molecule has 1 N–H and O–H groups in total. The number of imidazole rings is 1. The Morgan fingerprint density at radius 3 is 2.58 bits per heavy atom. The molecule has 0 saturated heterocycles. The number of para-hydroxylation sites is 2. The summed E-state index contributed by atoms with van der Waals surface area (Å²) in [7, 11) is 0. The van der Waals surface area contributed by atoms with Gasteiger partial charge in [-0.15, -0.1) is 0 Å². The number of aromatic nitrogens is 2. The molecule has 3 aromatic carbocycles. The van der Waals surface area contributed by atoms with Gasteiger partial charge in [0.05, 0.1) is 23.6 Å². The van der Waals surface area contributed by atoms with Gasteiger partial charge in [0, 0.05) is 17.0 Å². The van der Waals surface area contributed by atoms with Crippen LogP contribution in [0.5, 0.6) is 0 Å². The maximum Gasteiger partial charge on any atom is 0.220 e. The maximum atomic E-state index is 14.5. The van der Waals surface area contributed by atoms with E-state index in [1.165, 1.54) is 6.07 Å². The molecule has 4 nitrogen and oxygen atoms in total. The Labute approximate surface area is 185 Å². The molecule has 0 aliphatic heterocycles. The van der Waals surface area contributed by atoms with Crippen LogP contribution in [-0.4, -0.2) is 15.5 Å². The Kier molecular flexibility index (Phi) is 6.33. The Bertz CT molecular complexity index is 1190. The van der Waals surface area contributed by atoms with Crippen LogP contribution in [0.2, 0.25) is 5.02 Å². The molecule has 31 heavy (non-hydrogen) atoms. The highest BCUT2D eigenvalue weighted by atomic mass is 35.5. The summed E-state index contributed by atoms with van der Waals surface area (Å²) in [5.74, 6) is 0.239. The number of hydrogen-bond donors (Lipinski definition) is 1. The molecule has 1 amide bonds. The number of halogens is 2. The molecular weight excluding hydrogens is 413 g/mol. The van der Waals surface area contributed by atoms with E-state index in [1.807, 2.05) is 66.1 Å². The number of fused-ring (bicyclic) bond motifs is 1. The minimum Gasteiger partial charge on any atom is -0.346 e. The lowest BCUT2D eigenvalue weighted by molar-refractivity contribution is -0.121. The van der Waals surface area contributed by atoms with Crippen molar-refractivity contribution in [3.8, 4) is 0 Å². The number of carbonyl (C=O) groups excluding carboxylic acids is 1. The number of hydrogen-bond acceptors (Lipinski definition) is 2. The lowest BCUT2D eigenvalue weighted by atomic mass is 10.1. The van der Waals surface area contributed by atoms with Crippen LogP contribution in [0.4, 0.5) is 4.39 Å². The first kappa shape index (κ1) is 21.1. The van der Waals surface area contributed by atoms with Crippen molar-refractivity contribution in [2.24, 2.45) is 0 Å². The molecule has 0 bridgehead atoms. The van der Waals surface area contributed by atoms with Crippen molar-refractivity contribution >= 4 is 28.5 Å². The van der Waals surface area contributed by atoms with E-state index in [1.54, 1.807) is 12.1 Å². The summed E-state index contributed by atoms with van der Waals surface area (Å²) in [4.78, 5) is 17.3. The summed E-state index contributed by atoms with van der Waals surface area (Å²) in [5.41, 5.74) is 3.17. The topological polar surface area (TPSA) is 46.9 Å². The lowest BCUT2D eigenvalue weighted by Crippen LogP contribution is -2.29. The molecule has 1 atom stereocenters. The minimum atomic E-state index is -0.365. The first-order valence-corrected chi connectivity index (χ1v) is 10.6. The van der Waals surface area contributed by atoms with Gasteiger partial charge in [-0.3, -0.25) is 4.79 Å².